The van der Waals surface area contributed by atoms with Crippen molar-refractivity contribution in [1.82, 2.24) is 4.90 Å². The molecule has 0 aliphatic carbocycles. The number of likely N-dealkylation sites (tertiary alicyclic amines) is 1. The largest absolute Gasteiger partial charge is 0.493 e. The Balaban J connectivity index is 0.902. The number of imide groups is 1. The minimum absolute atomic E-state index is 0.00310. The zero-order valence-electron chi connectivity index (χ0n) is 53.2. The number of amides is 4. The number of carbonyl (C=O) groups excluding carboxylic acids is 5. The third-order valence-corrected chi connectivity index (χ3v) is 23.3. The van der Waals surface area contributed by atoms with E-state index in [4.69, 9.17) is 32.6 Å². The molecule has 0 aromatic heterocycles. The molecule has 0 saturated carbocycles. The van der Waals surface area contributed by atoms with Crippen molar-refractivity contribution in [2.45, 2.75) is 113 Å². The normalized spacial score (nSPS) is 18.1. The number of Topliss-reactive ketones (excluding diaryl/α,β-unsaturated/α-hetero) is 1. The molecule has 0 radical (unpaired) electrons. The molecule has 5 aromatic rings. The minimum atomic E-state index is -4.26. The molecule has 19 nitrogen and oxygen atoms in total. The highest BCUT2D eigenvalue weighted by molar-refractivity contribution is 8.77. The summed E-state index contributed by atoms with van der Waals surface area (Å²) in [6.07, 6.45) is 5.02. The summed E-state index contributed by atoms with van der Waals surface area (Å²) in [7, 11) is 5.03. The maximum absolute atomic E-state index is 14.5. The van der Waals surface area contributed by atoms with Gasteiger partial charge >= 0.3 is 0 Å². The van der Waals surface area contributed by atoms with Gasteiger partial charge in [-0.25, -0.2) is 0 Å². The lowest BCUT2D eigenvalue weighted by atomic mass is 9.98. The number of methoxy groups -OCH3 is 2. The number of para-hydroxylation sites is 2. The Morgan fingerprint density at radius 3 is 2.05 bits per heavy atom. The molecule has 1 fully saturated rings. The van der Waals surface area contributed by atoms with Crippen LogP contribution in [0.2, 0.25) is 0 Å². The van der Waals surface area contributed by atoms with E-state index in [1.807, 2.05) is 78.4 Å². The van der Waals surface area contributed by atoms with Crippen LogP contribution in [0.15, 0.2) is 91.0 Å². The monoisotopic (exact) mass is 1320 g/mol. The van der Waals surface area contributed by atoms with Crippen LogP contribution in [0.25, 0.3) is 0 Å². The molecule has 91 heavy (non-hydrogen) atoms. The molecule has 4 amide bonds. The Labute approximate surface area is 547 Å². The van der Waals surface area contributed by atoms with E-state index in [1.54, 1.807) is 37.3 Å². The van der Waals surface area contributed by atoms with Crippen LogP contribution in [0.1, 0.15) is 100 Å². The summed E-state index contributed by atoms with van der Waals surface area (Å²) in [5, 5.41) is -1.87. The van der Waals surface area contributed by atoms with Crippen molar-refractivity contribution in [2.75, 3.05) is 119 Å². The highest BCUT2D eigenvalue weighted by atomic mass is 33.1. The zero-order chi connectivity index (χ0) is 64.6. The second-order valence-electron chi connectivity index (χ2n) is 24.2. The molecule has 0 spiro atoms. The van der Waals surface area contributed by atoms with Gasteiger partial charge < -0.3 is 48.0 Å². The van der Waals surface area contributed by atoms with E-state index in [9.17, 15) is 32.4 Å². The number of benzene rings is 5. The van der Waals surface area contributed by atoms with E-state index in [0.29, 0.717) is 86.8 Å². The average Bonchev–Trinajstić information content (AvgIpc) is 1.73. The molecule has 1 saturated heterocycles. The second kappa shape index (κ2) is 30.2. The van der Waals surface area contributed by atoms with Gasteiger partial charge in [0, 0.05) is 98.4 Å². The highest BCUT2D eigenvalue weighted by Gasteiger charge is 2.42. The second-order valence-corrected chi connectivity index (χ2v) is 30.3. The molecular weight excluding hydrogens is 1240 g/mol. The van der Waals surface area contributed by atoms with Gasteiger partial charge in [0.2, 0.25) is 11.8 Å². The molecule has 488 valence electrons. The van der Waals surface area contributed by atoms with Gasteiger partial charge in [-0.2, -0.15) is 20.2 Å². The number of hydrogen-bond acceptors (Lipinski definition) is 19. The molecule has 10 rings (SSSR count). The quantitative estimate of drug-likeness (QED) is 0.0170. The summed E-state index contributed by atoms with van der Waals surface area (Å²) in [4.78, 5) is 77.2. The summed E-state index contributed by atoms with van der Waals surface area (Å²) in [5.74, 6) is 0.685. The Kier molecular flexibility index (Phi) is 22.4. The molecule has 5 aliphatic heterocycles. The predicted octanol–water partition coefficient (Wildman–Crippen LogP) is 9.92. The number of carbonyl (C=O) groups is 5. The van der Waals surface area contributed by atoms with Crippen LogP contribution in [0.3, 0.4) is 0 Å². The topological polar surface area (TPSA) is 200 Å². The first-order valence-electron chi connectivity index (χ1n) is 31.0. The van der Waals surface area contributed by atoms with Gasteiger partial charge in [-0.05, 0) is 147 Å². The first-order chi connectivity index (χ1) is 43.8. The first kappa shape index (κ1) is 67.6. The van der Waals surface area contributed by atoms with Gasteiger partial charge in [0.25, 0.3) is 21.9 Å². The number of ether oxygens (including phenoxy) is 6. The third kappa shape index (κ3) is 15.7. The van der Waals surface area contributed by atoms with Crippen molar-refractivity contribution in [3.05, 3.63) is 136 Å². The van der Waals surface area contributed by atoms with Crippen LogP contribution in [-0.2, 0) is 75.4 Å². The summed E-state index contributed by atoms with van der Waals surface area (Å²) in [6.45, 7) is 10.1. The van der Waals surface area contributed by atoms with E-state index in [2.05, 4.69) is 54.0 Å². The fraction of sp³-hybridized carbons (Fsp3) is 0.485. The van der Waals surface area contributed by atoms with E-state index in [-0.39, 0.29) is 81.2 Å². The number of thioether (sulfide) groups is 1. The first-order valence-corrected chi connectivity index (χ1v) is 36.1. The number of rotatable bonds is 32. The molecule has 23 heteroatoms. The van der Waals surface area contributed by atoms with Crippen LogP contribution in [0.4, 0.5) is 22.7 Å². The van der Waals surface area contributed by atoms with Gasteiger partial charge in [0.15, 0.2) is 17.3 Å². The van der Waals surface area contributed by atoms with Crippen molar-refractivity contribution in [2.24, 2.45) is 0 Å². The molecule has 0 bridgehead atoms. The molecule has 2 unspecified atom stereocenters. The van der Waals surface area contributed by atoms with Crippen molar-refractivity contribution in [1.29, 1.82) is 0 Å². The van der Waals surface area contributed by atoms with Gasteiger partial charge in [-0.3, -0.25) is 33.1 Å². The fourth-order valence-corrected chi connectivity index (χ4v) is 17.3. The van der Waals surface area contributed by atoms with Crippen molar-refractivity contribution < 1.29 is 65.0 Å². The molecule has 5 heterocycles. The Morgan fingerprint density at radius 2 is 1.38 bits per heavy atom. The van der Waals surface area contributed by atoms with E-state index in [0.717, 1.165) is 83.4 Å². The molecule has 0 N–H and O–H groups in total. The average molecular weight is 1320 g/mol. The maximum Gasteiger partial charge on any atom is 0.277 e. The van der Waals surface area contributed by atoms with Crippen LogP contribution in [-0.4, -0.2) is 170 Å². The van der Waals surface area contributed by atoms with Crippen LogP contribution < -0.4 is 33.8 Å². The standard InChI is InChI=1S/C68H83N5O14S4/c1-44-30-53-47(19-20-50-34-48-14-9-11-16-55(48)72(50)65(53)76)36-59(44)86-41-45-31-46(42-87-61-38-57-54(37-60(61)82-6)66(77)73-52(40-69(57)4)35-49-15-10-12-17-56(49)73)33-51(32-45)70(23-24-84-27-28-85-26-25-81-5)43-68(2,3)90-89-29-21-63(91(79,80)83-7)58(74)18-13-22-71-64(75)39-62(88-8)67(71)78/h9-12,14-17,30-33,36-38,50,52,62-63H,13,18-29,34-35,39-43H2,1-8H3/t50-,52+,62?,63?/m1/s1. The summed E-state index contributed by atoms with van der Waals surface area (Å²) >= 11 is 1.31. The Morgan fingerprint density at radius 1 is 0.736 bits per heavy atom. The predicted molar refractivity (Wildman–Crippen MR) is 359 cm³/mol. The van der Waals surface area contributed by atoms with Crippen molar-refractivity contribution >= 4 is 95.6 Å². The number of aryl methyl sites for hydroxylation is 2. The number of ketones is 1. The van der Waals surface area contributed by atoms with Crippen molar-refractivity contribution in [3.63, 3.8) is 0 Å². The fourth-order valence-electron chi connectivity index (χ4n) is 12.9. The lowest BCUT2D eigenvalue weighted by Crippen LogP contribution is -2.41. The van der Waals surface area contributed by atoms with Gasteiger partial charge in [-0.1, -0.05) is 58.0 Å². The number of nitrogens with zero attached hydrogens (tertiary/aromatic N) is 5. The van der Waals surface area contributed by atoms with Crippen LogP contribution in [0.5, 0.6) is 17.2 Å². The summed E-state index contributed by atoms with van der Waals surface area (Å²) in [5.41, 5.74) is 10.5. The molecule has 4 atom stereocenters. The van der Waals surface area contributed by atoms with Crippen LogP contribution >= 0.6 is 33.3 Å². The van der Waals surface area contributed by atoms with Gasteiger partial charge in [0.1, 0.15) is 24.2 Å². The van der Waals surface area contributed by atoms with E-state index >= 15 is 0 Å². The SMILES string of the molecule is COCCOCCOCCN(CC(C)(C)SSCCC(C(=O)CCCN1C(=O)CC(SC)C1=O)S(=O)(=O)OC)c1cc(COc2cc3c(cc2C)C(=O)N2c4ccccc4C[C@H]2CC3)cc(COc2cc3c(cc2OC)C(=O)N2c4ccccc4C[C@H]2CN3C)c1. The summed E-state index contributed by atoms with van der Waals surface area (Å²) in [6, 6.07) is 30.2. The third-order valence-electron chi connectivity index (χ3n) is 17.4. The maximum atomic E-state index is 14.5. The minimum Gasteiger partial charge on any atom is -0.493 e. The number of anilines is 4. The van der Waals surface area contributed by atoms with Gasteiger partial charge in [0.05, 0.1) is 69.8 Å². The Bertz CT molecular complexity index is 3610. The highest BCUT2D eigenvalue weighted by Crippen LogP contribution is 2.44. The van der Waals surface area contributed by atoms with Crippen LogP contribution in [0, 0.1) is 6.92 Å². The van der Waals surface area contributed by atoms with E-state index in [1.165, 1.54) is 33.0 Å². The lowest BCUT2D eigenvalue weighted by Gasteiger charge is -2.34. The molecular formula is C68H83N5O14S4. The van der Waals surface area contributed by atoms with Gasteiger partial charge in [-0.15, -0.1) is 0 Å². The molecule has 5 aliphatic rings. The van der Waals surface area contributed by atoms with E-state index < -0.39 is 31.1 Å². The number of hydrogen-bond donors (Lipinski definition) is 0. The summed E-state index contributed by atoms with van der Waals surface area (Å²) < 4.78 is 67.5. The smallest absolute Gasteiger partial charge is 0.277 e. The Hall–Kier alpha value is -6.31. The molecule has 5 aromatic carbocycles. The number of likely N-dealkylation sites (N-methyl/N-ethyl adjacent to an activating group) is 1. The lowest BCUT2D eigenvalue weighted by molar-refractivity contribution is -0.138. The number of fused-ring (bicyclic) bond motifs is 8. The zero-order valence-corrected chi connectivity index (χ0v) is 56.5. The van der Waals surface area contributed by atoms with Crippen molar-refractivity contribution in [3.8, 4) is 17.2 Å².